The standard InChI is InChI=1S/C9H14N4O2S/c14-8(15)2-1-7-3-5-13(6-4-7)9-10-11-12-16-9/h7H,1-6H2,(H,14,15). The van der Waals surface area contributed by atoms with Gasteiger partial charge in [-0.15, -0.1) is 0 Å². The molecule has 2 heterocycles. The first-order chi connectivity index (χ1) is 7.75. The van der Waals surface area contributed by atoms with Gasteiger partial charge in [-0.3, -0.25) is 4.79 Å². The zero-order valence-corrected chi connectivity index (χ0v) is 9.69. The summed E-state index contributed by atoms with van der Waals surface area (Å²) in [5.74, 6) is -0.163. The molecular formula is C9H14N4O2S. The van der Waals surface area contributed by atoms with Gasteiger partial charge in [0.15, 0.2) is 0 Å². The van der Waals surface area contributed by atoms with E-state index in [-0.39, 0.29) is 6.42 Å². The Morgan fingerprint density at radius 3 is 2.81 bits per heavy atom. The van der Waals surface area contributed by atoms with Gasteiger partial charge in [-0.05, 0) is 30.4 Å². The van der Waals surface area contributed by atoms with E-state index in [1.807, 2.05) is 0 Å². The quantitative estimate of drug-likeness (QED) is 0.849. The van der Waals surface area contributed by atoms with Gasteiger partial charge in [0.05, 0.1) is 0 Å². The van der Waals surface area contributed by atoms with Crippen molar-refractivity contribution in [3.05, 3.63) is 0 Å². The number of hydrogen-bond donors (Lipinski definition) is 1. The van der Waals surface area contributed by atoms with Crippen LogP contribution in [0.4, 0.5) is 5.13 Å². The summed E-state index contributed by atoms with van der Waals surface area (Å²) in [5.41, 5.74) is 0. The number of carboxylic acid groups (broad SMARTS) is 1. The highest BCUT2D eigenvalue weighted by Gasteiger charge is 2.21. The molecule has 0 amide bonds. The second-order valence-corrected chi connectivity index (χ2v) is 4.72. The zero-order valence-electron chi connectivity index (χ0n) is 8.87. The third kappa shape index (κ3) is 2.88. The second-order valence-electron chi connectivity index (χ2n) is 4.01. The zero-order chi connectivity index (χ0) is 11.4. The molecule has 0 atom stereocenters. The lowest BCUT2D eigenvalue weighted by Crippen LogP contribution is -2.33. The molecule has 0 bridgehead atoms. The van der Waals surface area contributed by atoms with Crippen molar-refractivity contribution in [3.63, 3.8) is 0 Å². The number of rotatable bonds is 4. The van der Waals surface area contributed by atoms with Gasteiger partial charge in [0.2, 0.25) is 5.13 Å². The topological polar surface area (TPSA) is 79.2 Å². The predicted molar refractivity (Wildman–Crippen MR) is 59.5 cm³/mol. The number of aromatic nitrogens is 3. The maximum absolute atomic E-state index is 10.5. The minimum atomic E-state index is -0.698. The first-order valence-corrected chi connectivity index (χ1v) is 6.15. The Hall–Kier alpha value is -1.24. The molecule has 0 spiro atoms. The number of carboxylic acids is 1. The van der Waals surface area contributed by atoms with Crippen molar-refractivity contribution in [1.82, 2.24) is 14.8 Å². The first-order valence-electron chi connectivity index (χ1n) is 5.37. The van der Waals surface area contributed by atoms with Crippen molar-refractivity contribution in [2.75, 3.05) is 18.0 Å². The summed E-state index contributed by atoms with van der Waals surface area (Å²) in [7, 11) is 0. The molecule has 1 N–H and O–H groups in total. The summed E-state index contributed by atoms with van der Waals surface area (Å²) >= 11 is 1.31. The number of aliphatic carboxylic acids is 1. The molecule has 0 unspecified atom stereocenters. The monoisotopic (exact) mass is 242 g/mol. The van der Waals surface area contributed by atoms with Gasteiger partial charge in [0, 0.05) is 31.0 Å². The molecule has 1 saturated heterocycles. The summed E-state index contributed by atoms with van der Waals surface area (Å²) in [5, 5.41) is 17.0. The Morgan fingerprint density at radius 2 is 2.25 bits per heavy atom. The van der Waals surface area contributed by atoms with E-state index in [4.69, 9.17) is 5.11 Å². The fraction of sp³-hybridized carbons (Fsp3) is 0.778. The van der Waals surface area contributed by atoms with Crippen molar-refractivity contribution >= 4 is 22.6 Å². The fourth-order valence-electron chi connectivity index (χ4n) is 1.99. The van der Waals surface area contributed by atoms with Gasteiger partial charge in [-0.25, -0.2) is 0 Å². The normalized spacial score (nSPS) is 17.6. The van der Waals surface area contributed by atoms with Crippen LogP contribution in [0.5, 0.6) is 0 Å². The highest BCUT2D eigenvalue weighted by Crippen LogP contribution is 2.25. The van der Waals surface area contributed by atoms with Crippen LogP contribution >= 0.6 is 11.5 Å². The van der Waals surface area contributed by atoms with Gasteiger partial charge < -0.3 is 10.0 Å². The van der Waals surface area contributed by atoms with Crippen LogP contribution in [0.25, 0.3) is 0 Å². The number of hydrogen-bond acceptors (Lipinski definition) is 6. The molecule has 0 saturated carbocycles. The molecule has 1 fully saturated rings. The van der Waals surface area contributed by atoms with E-state index < -0.39 is 5.97 Å². The van der Waals surface area contributed by atoms with E-state index in [0.29, 0.717) is 5.92 Å². The average molecular weight is 242 g/mol. The molecule has 2 rings (SSSR count). The molecule has 1 aromatic rings. The second kappa shape index (κ2) is 5.20. The van der Waals surface area contributed by atoms with E-state index >= 15 is 0 Å². The van der Waals surface area contributed by atoms with Gasteiger partial charge in [-0.1, -0.05) is 9.59 Å². The molecule has 0 aliphatic carbocycles. The van der Waals surface area contributed by atoms with E-state index in [1.54, 1.807) is 0 Å². The summed E-state index contributed by atoms with van der Waals surface area (Å²) in [6.07, 6.45) is 3.14. The third-order valence-electron chi connectivity index (χ3n) is 2.94. The molecule has 7 heteroatoms. The maximum atomic E-state index is 10.5. The molecule has 1 aromatic heterocycles. The van der Waals surface area contributed by atoms with Crippen LogP contribution in [0.3, 0.4) is 0 Å². The van der Waals surface area contributed by atoms with Crippen LogP contribution in [0.1, 0.15) is 25.7 Å². The minimum absolute atomic E-state index is 0.283. The largest absolute Gasteiger partial charge is 0.481 e. The highest BCUT2D eigenvalue weighted by atomic mass is 32.1. The Morgan fingerprint density at radius 1 is 1.50 bits per heavy atom. The SMILES string of the molecule is O=C(O)CCC1CCN(c2nnns2)CC1. The third-order valence-corrected chi connectivity index (χ3v) is 3.60. The number of anilines is 1. The smallest absolute Gasteiger partial charge is 0.303 e. The van der Waals surface area contributed by atoms with E-state index in [0.717, 1.165) is 37.5 Å². The lowest BCUT2D eigenvalue weighted by atomic mass is 9.92. The Balaban J connectivity index is 1.76. The Labute approximate surface area is 97.4 Å². The summed E-state index contributed by atoms with van der Waals surface area (Å²) in [4.78, 5) is 12.6. The van der Waals surface area contributed by atoms with E-state index in [9.17, 15) is 4.79 Å². The van der Waals surface area contributed by atoms with Crippen LogP contribution < -0.4 is 4.90 Å². The van der Waals surface area contributed by atoms with Crippen molar-refractivity contribution < 1.29 is 9.90 Å². The summed E-state index contributed by atoms with van der Waals surface area (Å²) in [6, 6.07) is 0. The summed E-state index contributed by atoms with van der Waals surface area (Å²) in [6.45, 7) is 1.86. The number of carbonyl (C=O) groups is 1. The minimum Gasteiger partial charge on any atom is -0.481 e. The van der Waals surface area contributed by atoms with Crippen LogP contribution in [-0.4, -0.2) is 39.0 Å². The Bertz CT molecular complexity index is 335. The van der Waals surface area contributed by atoms with Crippen molar-refractivity contribution in [1.29, 1.82) is 0 Å². The molecule has 1 aliphatic rings. The van der Waals surface area contributed by atoms with Gasteiger partial charge in [-0.2, -0.15) is 0 Å². The fourth-order valence-corrected chi connectivity index (χ4v) is 2.51. The predicted octanol–water partition coefficient (Wildman–Crippen LogP) is 1.01. The highest BCUT2D eigenvalue weighted by molar-refractivity contribution is 7.09. The molecule has 0 radical (unpaired) electrons. The van der Waals surface area contributed by atoms with Crippen LogP contribution in [0, 0.1) is 5.92 Å². The molecule has 1 aliphatic heterocycles. The van der Waals surface area contributed by atoms with Gasteiger partial charge in [0.1, 0.15) is 0 Å². The van der Waals surface area contributed by atoms with Gasteiger partial charge in [0.25, 0.3) is 0 Å². The van der Waals surface area contributed by atoms with Crippen LogP contribution in [-0.2, 0) is 4.79 Å². The average Bonchev–Trinajstić information content (AvgIpc) is 2.80. The summed E-state index contributed by atoms with van der Waals surface area (Å²) < 4.78 is 3.74. The van der Waals surface area contributed by atoms with Gasteiger partial charge >= 0.3 is 5.97 Å². The molecule has 16 heavy (non-hydrogen) atoms. The van der Waals surface area contributed by atoms with E-state index in [2.05, 4.69) is 19.7 Å². The Kier molecular flexibility index (Phi) is 3.66. The number of piperidine rings is 1. The van der Waals surface area contributed by atoms with Crippen LogP contribution in [0.15, 0.2) is 0 Å². The molecule has 0 aromatic carbocycles. The van der Waals surface area contributed by atoms with Crippen molar-refractivity contribution in [2.24, 2.45) is 5.92 Å². The molecule has 88 valence electrons. The lowest BCUT2D eigenvalue weighted by molar-refractivity contribution is -0.137. The van der Waals surface area contributed by atoms with Crippen LogP contribution in [0.2, 0.25) is 0 Å². The molecular weight excluding hydrogens is 228 g/mol. The van der Waals surface area contributed by atoms with E-state index in [1.165, 1.54) is 11.5 Å². The maximum Gasteiger partial charge on any atom is 0.303 e. The first kappa shape index (κ1) is 11.3. The van der Waals surface area contributed by atoms with Crippen molar-refractivity contribution in [3.8, 4) is 0 Å². The molecule has 6 nitrogen and oxygen atoms in total. The lowest BCUT2D eigenvalue weighted by Gasteiger charge is -2.30. The van der Waals surface area contributed by atoms with Crippen molar-refractivity contribution in [2.45, 2.75) is 25.7 Å². The number of nitrogens with zero attached hydrogens (tertiary/aromatic N) is 4.